The van der Waals surface area contributed by atoms with Crippen molar-refractivity contribution in [2.45, 2.75) is 4.90 Å². The largest absolute Gasteiger partial charge is 0.490 e. The summed E-state index contributed by atoms with van der Waals surface area (Å²) >= 11 is 1.65. The Morgan fingerprint density at radius 3 is 2.63 bits per heavy atom. The topological polar surface area (TPSA) is 33.0 Å². The molecule has 19 heavy (non-hydrogen) atoms. The molecule has 0 N–H and O–H groups in total. The summed E-state index contributed by atoms with van der Waals surface area (Å²) in [6.45, 7) is 0.419. The van der Waals surface area contributed by atoms with Crippen molar-refractivity contribution in [3.63, 3.8) is 0 Å². The maximum atomic E-state index is 13.5. The Bertz CT molecular complexity index is 580. The van der Waals surface area contributed by atoms with Gasteiger partial charge in [0.05, 0.1) is 18.2 Å². The third kappa shape index (κ3) is 4.01. The van der Waals surface area contributed by atoms with Crippen LogP contribution in [0.3, 0.4) is 0 Å². The van der Waals surface area contributed by atoms with Crippen molar-refractivity contribution in [3.8, 4) is 11.8 Å². The van der Waals surface area contributed by atoms with Gasteiger partial charge in [0.1, 0.15) is 0 Å². The molecule has 2 nitrogen and oxygen atoms in total. The molecule has 0 saturated heterocycles. The molecule has 2 aromatic rings. The lowest BCUT2D eigenvalue weighted by molar-refractivity contribution is 0.325. The molecule has 0 heterocycles. The van der Waals surface area contributed by atoms with E-state index in [1.165, 1.54) is 12.1 Å². The Hall–Kier alpha value is -1.99. The van der Waals surface area contributed by atoms with E-state index < -0.39 is 5.82 Å². The second-order valence-electron chi connectivity index (χ2n) is 3.77. The molecule has 0 saturated carbocycles. The third-order valence-electron chi connectivity index (χ3n) is 2.41. The maximum absolute atomic E-state index is 13.5. The lowest BCUT2D eigenvalue weighted by Gasteiger charge is -2.07. The van der Waals surface area contributed by atoms with E-state index in [4.69, 9.17) is 10.00 Å². The van der Waals surface area contributed by atoms with Crippen LogP contribution in [0.4, 0.5) is 4.39 Å². The van der Waals surface area contributed by atoms with Gasteiger partial charge < -0.3 is 4.74 Å². The van der Waals surface area contributed by atoms with E-state index >= 15 is 0 Å². The van der Waals surface area contributed by atoms with Crippen LogP contribution in [0.25, 0.3) is 0 Å². The van der Waals surface area contributed by atoms with Crippen LogP contribution in [0.15, 0.2) is 53.4 Å². The van der Waals surface area contributed by atoms with Gasteiger partial charge in [-0.2, -0.15) is 5.26 Å². The third-order valence-corrected chi connectivity index (χ3v) is 3.39. The molecule has 0 aliphatic rings. The quantitative estimate of drug-likeness (QED) is 0.612. The molecule has 0 fully saturated rings. The minimum absolute atomic E-state index is 0.188. The van der Waals surface area contributed by atoms with E-state index in [9.17, 15) is 4.39 Å². The fourth-order valence-electron chi connectivity index (χ4n) is 1.52. The number of nitriles is 1. The van der Waals surface area contributed by atoms with Gasteiger partial charge in [0.15, 0.2) is 11.6 Å². The van der Waals surface area contributed by atoms with Crippen LogP contribution in [0.5, 0.6) is 5.75 Å². The molecular formula is C15H12FNOS. The number of nitrogens with zero attached hydrogens (tertiary/aromatic N) is 1. The molecule has 0 radical (unpaired) electrons. The second-order valence-corrected chi connectivity index (χ2v) is 4.94. The first kappa shape index (κ1) is 13.4. The summed E-state index contributed by atoms with van der Waals surface area (Å²) in [6.07, 6.45) is 0. The van der Waals surface area contributed by atoms with Crippen molar-refractivity contribution in [1.82, 2.24) is 0 Å². The van der Waals surface area contributed by atoms with Crippen LogP contribution in [0.2, 0.25) is 0 Å². The van der Waals surface area contributed by atoms with Gasteiger partial charge in [0.25, 0.3) is 0 Å². The molecule has 0 spiro atoms. The molecule has 96 valence electrons. The summed E-state index contributed by atoms with van der Waals surface area (Å²) in [7, 11) is 0. The van der Waals surface area contributed by atoms with E-state index in [1.54, 1.807) is 17.8 Å². The first-order valence-corrected chi connectivity index (χ1v) is 6.78. The lowest BCUT2D eigenvalue weighted by Crippen LogP contribution is -2.01. The molecule has 2 aromatic carbocycles. The number of thioether (sulfide) groups is 1. The SMILES string of the molecule is N#Cc1ccc(OCCSc2ccccc2)c(F)c1. The van der Waals surface area contributed by atoms with Crippen LogP contribution in [-0.4, -0.2) is 12.4 Å². The number of halogens is 1. The van der Waals surface area contributed by atoms with Crippen molar-refractivity contribution in [3.05, 3.63) is 59.9 Å². The van der Waals surface area contributed by atoms with Crippen molar-refractivity contribution in [2.24, 2.45) is 0 Å². The van der Waals surface area contributed by atoms with E-state index in [1.807, 2.05) is 36.4 Å². The van der Waals surface area contributed by atoms with E-state index in [0.717, 1.165) is 10.6 Å². The van der Waals surface area contributed by atoms with Crippen LogP contribution in [0, 0.1) is 17.1 Å². The summed E-state index contributed by atoms with van der Waals surface area (Å²) in [5.41, 5.74) is 0.295. The first-order valence-electron chi connectivity index (χ1n) is 5.80. The highest BCUT2D eigenvalue weighted by atomic mass is 32.2. The highest BCUT2D eigenvalue weighted by molar-refractivity contribution is 7.99. The molecule has 0 aliphatic carbocycles. The van der Waals surface area contributed by atoms with Gasteiger partial charge in [-0.05, 0) is 30.3 Å². The predicted molar refractivity (Wildman–Crippen MR) is 73.8 cm³/mol. The predicted octanol–water partition coefficient (Wildman–Crippen LogP) is 3.87. The maximum Gasteiger partial charge on any atom is 0.166 e. The number of hydrogen-bond acceptors (Lipinski definition) is 3. The minimum atomic E-state index is -0.497. The molecule has 0 amide bonds. The van der Waals surface area contributed by atoms with Gasteiger partial charge in [-0.1, -0.05) is 18.2 Å². The molecule has 2 rings (SSSR count). The highest BCUT2D eigenvalue weighted by Gasteiger charge is 2.04. The molecule has 0 aromatic heterocycles. The zero-order valence-electron chi connectivity index (χ0n) is 10.2. The summed E-state index contributed by atoms with van der Waals surface area (Å²) in [4.78, 5) is 1.16. The van der Waals surface area contributed by atoms with Crippen LogP contribution in [-0.2, 0) is 0 Å². The Morgan fingerprint density at radius 2 is 1.95 bits per heavy atom. The van der Waals surface area contributed by atoms with E-state index in [2.05, 4.69) is 0 Å². The number of benzene rings is 2. The second kappa shape index (κ2) is 6.81. The molecule has 0 unspecified atom stereocenters. The first-order chi connectivity index (χ1) is 9.29. The molecule has 0 atom stereocenters. The Morgan fingerprint density at radius 1 is 1.16 bits per heavy atom. The molecule has 4 heteroatoms. The summed E-state index contributed by atoms with van der Waals surface area (Å²) in [5.74, 6) is 0.431. The molecule has 0 bridgehead atoms. The Balaban J connectivity index is 1.82. The Labute approximate surface area is 115 Å². The number of rotatable bonds is 5. The standard InChI is InChI=1S/C15H12FNOS/c16-14-10-12(11-17)6-7-15(14)18-8-9-19-13-4-2-1-3-5-13/h1-7,10H,8-9H2. The van der Waals surface area contributed by atoms with Gasteiger partial charge >= 0.3 is 0 Å². The summed E-state index contributed by atoms with van der Waals surface area (Å²) in [5, 5.41) is 8.63. The van der Waals surface area contributed by atoms with Crippen molar-refractivity contribution in [1.29, 1.82) is 5.26 Å². The van der Waals surface area contributed by atoms with Gasteiger partial charge in [-0.25, -0.2) is 4.39 Å². The van der Waals surface area contributed by atoms with Crippen molar-refractivity contribution in [2.75, 3.05) is 12.4 Å². The van der Waals surface area contributed by atoms with E-state index in [-0.39, 0.29) is 5.75 Å². The van der Waals surface area contributed by atoms with Crippen LogP contribution < -0.4 is 4.74 Å². The fourth-order valence-corrected chi connectivity index (χ4v) is 2.27. The van der Waals surface area contributed by atoms with Crippen molar-refractivity contribution >= 4 is 11.8 Å². The number of hydrogen-bond donors (Lipinski definition) is 0. The zero-order valence-corrected chi connectivity index (χ0v) is 11.0. The monoisotopic (exact) mass is 273 g/mol. The van der Waals surface area contributed by atoms with Gasteiger partial charge in [0.2, 0.25) is 0 Å². The molecule has 0 aliphatic heterocycles. The smallest absolute Gasteiger partial charge is 0.166 e. The van der Waals surface area contributed by atoms with Gasteiger partial charge in [-0.15, -0.1) is 11.8 Å². The number of ether oxygens (including phenoxy) is 1. The summed E-state index contributed by atoms with van der Waals surface area (Å²) < 4.78 is 18.9. The van der Waals surface area contributed by atoms with Crippen LogP contribution in [0.1, 0.15) is 5.56 Å². The molecular weight excluding hydrogens is 261 g/mol. The average molecular weight is 273 g/mol. The van der Waals surface area contributed by atoms with Crippen molar-refractivity contribution < 1.29 is 9.13 Å². The fraction of sp³-hybridized carbons (Fsp3) is 0.133. The van der Waals surface area contributed by atoms with E-state index in [0.29, 0.717) is 12.2 Å². The lowest BCUT2D eigenvalue weighted by atomic mass is 10.2. The van der Waals surface area contributed by atoms with Crippen LogP contribution >= 0.6 is 11.8 Å². The zero-order chi connectivity index (χ0) is 13.5. The Kier molecular flexibility index (Phi) is 4.82. The highest BCUT2D eigenvalue weighted by Crippen LogP contribution is 2.20. The average Bonchev–Trinajstić information content (AvgIpc) is 2.46. The van der Waals surface area contributed by atoms with Gasteiger partial charge in [-0.3, -0.25) is 0 Å². The van der Waals surface area contributed by atoms with Gasteiger partial charge in [0, 0.05) is 10.6 Å². The minimum Gasteiger partial charge on any atom is -0.490 e. The summed E-state index contributed by atoms with van der Waals surface area (Å²) in [6, 6.07) is 16.1. The normalized spacial score (nSPS) is 9.89.